The normalized spacial score (nSPS) is 9.64. The van der Waals surface area contributed by atoms with Gasteiger partial charge in [0.25, 0.3) is 0 Å². The molecule has 0 radical (unpaired) electrons. The fourth-order valence-electron chi connectivity index (χ4n) is 0.829. The number of phenols is 2. The zero-order valence-corrected chi connectivity index (χ0v) is 6.80. The van der Waals surface area contributed by atoms with Gasteiger partial charge in [-0.3, -0.25) is 0 Å². The van der Waals surface area contributed by atoms with Crippen molar-refractivity contribution in [2.75, 3.05) is 0 Å². The number of benzene rings is 1. The van der Waals surface area contributed by atoms with Gasteiger partial charge >= 0.3 is 0 Å². The van der Waals surface area contributed by atoms with E-state index in [-0.39, 0.29) is 17.2 Å². The molecule has 11 heavy (non-hydrogen) atoms. The molecule has 0 saturated heterocycles. The molecule has 0 saturated carbocycles. The highest BCUT2D eigenvalue weighted by atomic mass is 32.1. The Morgan fingerprint density at radius 2 is 1.73 bits per heavy atom. The Morgan fingerprint density at radius 3 is 2.09 bits per heavy atom. The molecule has 0 fully saturated rings. The first kappa shape index (κ1) is 8.07. The molecule has 0 atom stereocenters. The van der Waals surface area contributed by atoms with Gasteiger partial charge in [-0.1, -0.05) is 0 Å². The first-order valence-corrected chi connectivity index (χ1v) is 3.35. The van der Waals surface area contributed by atoms with Crippen LogP contribution in [0.15, 0.2) is 12.1 Å². The minimum atomic E-state index is -0.113. The SMILES string of the molecule is Cc1cc(O)c(OS)c(O)c1. The van der Waals surface area contributed by atoms with Crippen molar-refractivity contribution in [3.8, 4) is 17.2 Å². The van der Waals surface area contributed by atoms with E-state index < -0.39 is 0 Å². The van der Waals surface area contributed by atoms with Crippen LogP contribution in [0.2, 0.25) is 0 Å². The monoisotopic (exact) mass is 172 g/mol. The molecule has 0 unspecified atom stereocenters. The summed E-state index contributed by atoms with van der Waals surface area (Å²) < 4.78 is 4.43. The van der Waals surface area contributed by atoms with Gasteiger partial charge in [0.2, 0.25) is 5.75 Å². The second-order valence-corrected chi connectivity index (χ2v) is 2.41. The van der Waals surface area contributed by atoms with Gasteiger partial charge in [-0.2, -0.15) is 0 Å². The number of rotatable bonds is 1. The van der Waals surface area contributed by atoms with E-state index in [1.807, 2.05) is 0 Å². The number of thiol groups is 1. The van der Waals surface area contributed by atoms with Crippen LogP contribution in [0.25, 0.3) is 0 Å². The zero-order valence-electron chi connectivity index (χ0n) is 5.90. The molecular weight excluding hydrogens is 164 g/mol. The van der Waals surface area contributed by atoms with E-state index in [1.54, 1.807) is 6.92 Å². The molecule has 0 aliphatic carbocycles. The van der Waals surface area contributed by atoms with E-state index in [1.165, 1.54) is 12.1 Å². The predicted octanol–water partition coefficient (Wildman–Crippen LogP) is 1.63. The summed E-state index contributed by atoms with van der Waals surface area (Å²) in [4.78, 5) is 0. The summed E-state index contributed by atoms with van der Waals surface area (Å²) in [6.45, 7) is 1.75. The van der Waals surface area contributed by atoms with E-state index in [0.717, 1.165) is 5.56 Å². The third-order valence-corrected chi connectivity index (χ3v) is 1.47. The van der Waals surface area contributed by atoms with Gasteiger partial charge < -0.3 is 14.4 Å². The Balaban J connectivity index is 3.25. The molecule has 4 heteroatoms. The van der Waals surface area contributed by atoms with E-state index in [0.29, 0.717) is 0 Å². The van der Waals surface area contributed by atoms with E-state index in [9.17, 15) is 0 Å². The number of aryl methyl sites for hydroxylation is 1. The lowest BCUT2D eigenvalue weighted by molar-refractivity contribution is 0.415. The fourth-order valence-corrected chi connectivity index (χ4v) is 1.02. The molecule has 3 nitrogen and oxygen atoms in total. The van der Waals surface area contributed by atoms with Crippen molar-refractivity contribution in [1.29, 1.82) is 0 Å². The van der Waals surface area contributed by atoms with Crippen molar-refractivity contribution in [1.82, 2.24) is 0 Å². The molecule has 0 aromatic heterocycles. The quantitative estimate of drug-likeness (QED) is 0.445. The van der Waals surface area contributed by atoms with E-state index in [2.05, 4.69) is 17.1 Å². The van der Waals surface area contributed by atoms with Crippen LogP contribution in [-0.2, 0) is 0 Å². The molecule has 60 valence electrons. The summed E-state index contributed by atoms with van der Waals surface area (Å²) in [6, 6.07) is 2.95. The van der Waals surface area contributed by atoms with Gasteiger partial charge in [-0.25, -0.2) is 0 Å². The third-order valence-electron chi connectivity index (χ3n) is 1.29. The molecule has 1 rings (SSSR count). The predicted molar refractivity (Wildman–Crippen MR) is 44.1 cm³/mol. The van der Waals surface area contributed by atoms with Crippen molar-refractivity contribution in [2.45, 2.75) is 6.92 Å². The van der Waals surface area contributed by atoms with Crippen LogP contribution < -0.4 is 4.18 Å². The number of hydrogen-bond donors (Lipinski definition) is 3. The molecule has 1 aromatic carbocycles. The molecular formula is C7H8O3S. The molecule has 0 bridgehead atoms. The number of aromatic hydroxyl groups is 2. The largest absolute Gasteiger partial charge is 0.504 e. The topological polar surface area (TPSA) is 49.7 Å². The molecule has 1 aromatic rings. The molecule has 2 N–H and O–H groups in total. The average molecular weight is 172 g/mol. The van der Waals surface area contributed by atoms with Gasteiger partial charge in [0.1, 0.15) is 0 Å². The van der Waals surface area contributed by atoms with Crippen LogP contribution in [0, 0.1) is 6.92 Å². The Hall–Kier alpha value is -1.03. The lowest BCUT2D eigenvalue weighted by atomic mass is 10.2. The maximum atomic E-state index is 9.14. The minimum Gasteiger partial charge on any atom is -0.504 e. The van der Waals surface area contributed by atoms with Gasteiger partial charge in [-0.05, 0) is 24.6 Å². The van der Waals surface area contributed by atoms with Gasteiger partial charge in [0.15, 0.2) is 11.5 Å². The van der Waals surface area contributed by atoms with Gasteiger partial charge in [0, 0.05) is 12.9 Å². The summed E-state index contributed by atoms with van der Waals surface area (Å²) >= 11 is 3.46. The van der Waals surface area contributed by atoms with Crippen LogP contribution in [0.3, 0.4) is 0 Å². The van der Waals surface area contributed by atoms with Crippen LogP contribution in [0.4, 0.5) is 0 Å². The van der Waals surface area contributed by atoms with Crippen LogP contribution in [-0.4, -0.2) is 10.2 Å². The summed E-state index contributed by atoms with van der Waals surface area (Å²) in [5.74, 6) is -0.242. The Morgan fingerprint density at radius 1 is 1.27 bits per heavy atom. The summed E-state index contributed by atoms with van der Waals surface area (Å²) in [7, 11) is 0. The van der Waals surface area contributed by atoms with Crippen LogP contribution >= 0.6 is 12.9 Å². The number of phenolic OH excluding ortho intramolecular Hbond substituents is 2. The van der Waals surface area contributed by atoms with Crippen molar-refractivity contribution >= 4 is 12.9 Å². The summed E-state index contributed by atoms with van der Waals surface area (Å²) in [6.07, 6.45) is 0. The molecule has 0 spiro atoms. The standard InChI is InChI=1S/C7H8O3S/c1-4-2-5(8)7(10-11)6(9)3-4/h2-3,8-9,11H,1H3. The molecule has 0 heterocycles. The maximum absolute atomic E-state index is 9.14. The summed E-state index contributed by atoms with van der Waals surface area (Å²) in [5.41, 5.74) is 0.758. The third kappa shape index (κ3) is 1.51. The average Bonchev–Trinajstić information content (AvgIpc) is 1.85. The minimum absolute atomic E-state index is 0.0149. The second-order valence-electron chi connectivity index (χ2n) is 2.22. The van der Waals surface area contributed by atoms with Crippen molar-refractivity contribution in [3.63, 3.8) is 0 Å². The fraction of sp³-hybridized carbons (Fsp3) is 0.143. The second kappa shape index (κ2) is 2.92. The highest BCUT2D eigenvalue weighted by molar-refractivity contribution is 7.75. The Labute approximate surface area is 69.9 Å². The van der Waals surface area contributed by atoms with Crippen LogP contribution in [0.1, 0.15) is 5.56 Å². The van der Waals surface area contributed by atoms with Gasteiger partial charge in [-0.15, -0.1) is 0 Å². The van der Waals surface area contributed by atoms with E-state index in [4.69, 9.17) is 10.2 Å². The van der Waals surface area contributed by atoms with Gasteiger partial charge in [0.05, 0.1) is 0 Å². The zero-order chi connectivity index (χ0) is 8.43. The molecule has 0 aliphatic rings. The smallest absolute Gasteiger partial charge is 0.220 e. The highest BCUT2D eigenvalue weighted by Gasteiger charge is 2.07. The van der Waals surface area contributed by atoms with E-state index >= 15 is 0 Å². The lowest BCUT2D eigenvalue weighted by Crippen LogP contribution is -1.80. The Bertz CT molecular complexity index is 249. The molecule has 0 amide bonds. The molecule has 0 aliphatic heterocycles. The lowest BCUT2D eigenvalue weighted by Gasteiger charge is -2.04. The van der Waals surface area contributed by atoms with Crippen molar-refractivity contribution in [3.05, 3.63) is 17.7 Å². The van der Waals surface area contributed by atoms with Crippen LogP contribution in [0.5, 0.6) is 17.2 Å². The number of hydrogen-bond acceptors (Lipinski definition) is 4. The first-order valence-electron chi connectivity index (χ1n) is 2.99. The maximum Gasteiger partial charge on any atom is 0.220 e. The van der Waals surface area contributed by atoms with Crippen molar-refractivity contribution in [2.24, 2.45) is 0 Å². The van der Waals surface area contributed by atoms with Crippen molar-refractivity contribution < 1.29 is 14.4 Å². The summed E-state index contributed by atoms with van der Waals surface area (Å²) in [5, 5.41) is 18.3. The highest BCUT2D eigenvalue weighted by Crippen LogP contribution is 2.37. The first-order chi connectivity index (χ1) is 5.15. The Kier molecular flexibility index (Phi) is 2.14.